The van der Waals surface area contributed by atoms with Crippen LogP contribution < -0.4 is 15.0 Å². The molecule has 0 unspecified atom stereocenters. The molecule has 0 aromatic heterocycles. The van der Waals surface area contributed by atoms with Gasteiger partial charge in [-0.1, -0.05) is 41.9 Å². The highest BCUT2D eigenvalue weighted by Gasteiger charge is 2.36. The first-order chi connectivity index (χ1) is 16.9. The summed E-state index contributed by atoms with van der Waals surface area (Å²) >= 11 is 6.14. The lowest BCUT2D eigenvalue weighted by Crippen LogP contribution is -2.54. The van der Waals surface area contributed by atoms with Crippen molar-refractivity contribution in [2.24, 2.45) is 0 Å². The van der Waals surface area contributed by atoms with E-state index in [1.165, 1.54) is 37.5 Å². The molecule has 0 bridgehead atoms. The van der Waals surface area contributed by atoms with Crippen LogP contribution in [0.25, 0.3) is 6.08 Å². The van der Waals surface area contributed by atoms with Gasteiger partial charge in [0.1, 0.15) is 17.9 Å². The minimum atomic E-state index is -0.883. The van der Waals surface area contributed by atoms with Crippen molar-refractivity contribution in [3.8, 4) is 5.75 Å². The summed E-state index contributed by atoms with van der Waals surface area (Å²) in [5.74, 6) is -1.57. The molecule has 1 saturated heterocycles. The third-order valence-corrected chi connectivity index (χ3v) is 5.56. The maximum atomic E-state index is 13.0. The summed E-state index contributed by atoms with van der Waals surface area (Å²) in [6.07, 6.45) is 1.39. The minimum Gasteiger partial charge on any atom is -0.489 e. The Bertz CT molecular complexity index is 1330. The van der Waals surface area contributed by atoms with Crippen molar-refractivity contribution in [3.63, 3.8) is 0 Å². The second-order valence-electron chi connectivity index (χ2n) is 7.45. The third kappa shape index (κ3) is 5.23. The van der Waals surface area contributed by atoms with Crippen molar-refractivity contribution in [3.05, 3.63) is 100 Å². The summed E-state index contributed by atoms with van der Waals surface area (Å²) in [5, 5.41) is 2.77. The fourth-order valence-corrected chi connectivity index (χ4v) is 3.55. The van der Waals surface area contributed by atoms with E-state index in [9.17, 15) is 19.2 Å². The van der Waals surface area contributed by atoms with Crippen LogP contribution in [0.1, 0.15) is 21.5 Å². The van der Waals surface area contributed by atoms with Gasteiger partial charge in [-0.25, -0.2) is 14.5 Å². The van der Waals surface area contributed by atoms with Crippen LogP contribution in [0.4, 0.5) is 10.5 Å². The van der Waals surface area contributed by atoms with Crippen LogP contribution >= 0.6 is 11.6 Å². The largest absolute Gasteiger partial charge is 0.489 e. The zero-order chi connectivity index (χ0) is 24.9. The maximum Gasteiger partial charge on any atom is 0.337 e. The molecular formula is C26H19ClN2O6. The fourth-order valence-electron chi connectivity index (χ4n) is 3.36. The fraction of sp³-hybridized carbons (Fsp3) is 0.0769. The van der Waals surface area contributed by atoms with Crippen molar-refractivity contribution in [2.45, 2.75) is 6.61 Å². The molecule has 0 saturated carbocycles. The highest BCUT2D eigenvalue weighted by Crippen LogP contribution is 2.24. The minimum absolute atomic E-state index is 0.196. The van der Waals surface area contributed by atoms with Crippen LogP contribution in [0.3, 0.4) is 0 Å². The molecule has 3 aromatic carbocycles. The molecule has 35 heavy (non-hydrogen) atoms. The number of halogens is 1. The van der Waals surface area contributed by atoms with Crippen molar-refractivity contribution in [2.75, 3.05) is 12.0 Å². The maximum absolute atomic E-state index is 13.0. The molecular weight excluding hydrogens is 472 g/mol. The molecule has 1 aliphatic rings. The molecule has 4 amide bonds. The zero-order valence-electron chi connectivity index (χ0n) is 18.5. The number of urea groups is 1. The summed E-state index contributed by atoms with van der Waals surface area (Å²) in [5.41, 5.74) is 1.64. The van der Waals surface area contributed by atoms with Gasteiger partial charge >= 0.3 is 12.0 Å². The van der Waals surface area contributed by atoms with E-state index in [4.69, 9.17) is 16.3 Å². The average Bonchev–Trinajstić information content (AvgIpc) is 2.86. The Kier molecular flexibility index (Phi) is 6.93. The molecule has 1 heterocycles. The van der Waals surface area contributed by atoms with Crippen LogP contribution in [0, 0.1) is 0 Å². The first-order valence-corrected chi connectivity index (χ1v) is 10.8. The summed E-state index contributed by atoms with van der Waals surface area (Å²) in [6.45, 7) is 0.285. The van der Waals surface area contributed by atoms with Gasteiger partial charge in [-0.2, -0.15) is 0 Å². The highest BCUT2D eigenvalue weighted by atomic mass is 35.5. The molecule has 1 fully saturated rings. The van der Waals surface area contributed by atoms with Crippen molar-refractivity contribution < 1.29 is 28.7 Å². The van der Waals surface area contributed by atoms with Crippen LogP contribution in [0.5, 0.6) is 5.75 Å². The van der Waals surface area contributed by atoms with Crippen LogP contribution in [-0.4, -0.2) is 30.9 Å². The number of nitrogens with one attached hydrogen (secondary N) is 1. The topological polar surface area (TPSA) is 102 Å². The molecule has 0 atom stereocenters. The van der Waals surface area contributed by atoms with Gasteiger partial charge in [0.25, 0.3) is 11.8 Å². The Labute approximate surface area is 205 Å². The molecule has 9 heteroatoms. The third-order valence-electron chi connectivity index (χ3n) is 5.19. The molecule has 3 aromatic rings. The second kappa shape index (κ2) is 10.2. The standard InChI is InChI=1S/C26H19ClN2O6/c1-34-25(32)17-8-10-19(11-9-17)29-24(31)21(23(30)28-26(29)33)14-16-6-12-20(13-7-16)35-15-18-4-2-3-5-22(18)27/h2-14H,15H2,1H3,(H,28,30,33). The second-order valence-corrected chi connectivity index (χ2v) is 7.85. The number of esters is 1. The van der Waals surface area contributed by atoms with Gasteiger partial charge in [0.15, 0.2) is 0 Å². The number of anilines is 1. The highest BCUT2D eigenvalue weighted by molar-refractivity contribution is 6.39. The zero-order valence-corrected chi connectivity index (χ0v) is 19.2. The number of rotatable bonds is 6. The summed E-state index contributed by atoms with van der Waals surface area (Å²) in [7, 11) is 1.25. The smallest absolute Gasteiger partial charge is 0.337 e. The van der Waals surface area contributed by atoms with Crippen LogP contribution in [0.2, 0.25) is 5.02 Å². The SMILES string of the molecule is COC(=O)c1ccc(N2C(=O)NC(=O)C(=Cc3ccc(OCc4ccccc4Cl)cc3)C2=O)cc1. The van der Waals surface area contributed by atoms with E-state index in [-0.39, 0.29) is 23.4 Å². The monoisotopic (exact) mass is 490 g/mol. The Balaban J connectivity index is 1.51. The number of benzene rings is 3. The van der Waals surface area contributed by atoms with Gasteiger partial charge < -0.3 is 9.47 Å². The number of ether oxygens (including phenoxy) is 2. The molecule has 1 aliphatic heterocycles. The average molecular weight is 491 g/mol. The van der Waals surface area contributed by atoms with Gasteiger partial charge in [-0.05, 0) is 54.1 Å². The Morgan fingerprint density at radius 3 is 2.31 bits per heavy atom. The summed E-state index contributed by atoms with van der Waals surface area (Å²) in [6, 6.07) is 18.9. The van der Waals surface area contributed by atoms with E-state index >= 15 is 0 Å². The van der Waals surface area contributed by atoms with E-state index in [1.54, 1.807) is 30.3 Å². The molecule has 0 spiro atoms. The van der Waals surface area contributed by atoms with Crippen LogP contribution in [0.15, 0.2) is 78.4 Å². The number of methoxy groups -OCH3 is 1. The predicted molar refractivity (Wildman–Crippen MR) is 129 cm³/mol. The van der Waals surface area contributed by atoms with Gasteiger partial charge in [0.2, 0.25) is 0 Å². The molecule has 4 rings (SSSR count). The molecule has 0 radical (unpaired) electrons. The summed E-state index contributed by atoms with van der Waals surface area (Å²) in [4.78, 5) is 50.3. The molecule has 176 valence electrons. The van der Waals surface area contributed by atoms with Gasteiger partial charge in [-0.15, -0.1) is 0 Å². The lowest BCUT2D eigenvalue weighted by molar-refractivity contribution is -0.122. The summed E-state index contributed by atoms with van der Waals surface area (Å²) < 4.78 is 10.4. The van der Waals surface area contributed by atoms with Gasteiger partial charge in [0, 0.05) is 10.6 Å². The van der Waals surface area contributed by atoms with E-state index in [0.29, 0.717) is 16.3 Å². The van der Waals surface area contributed by atoms with E-state index in [2.05, 4.69) is 10.1 Å². The number of carbonyl (C=O) groups excluding carboxylic acids is 4. The number of nitrogens with zero attached hydrogens (tertiary/aromatic N) is 1. The first-order valence-electron chi connectivity index (χ1n) is 10.4. The number of hydrogen-bond donors (Lipinski definition) is 1. The quantitative estimate of drug-likeness (QED) is 0.313. The number of barbiturate groups is 1. The number of carbonyl (C=O) groups is 4. The van der Waals surface area contributed by atoms with E-state index in [1.807, 2.05) is 18.2 Å². The number of amides is 4. The van der Waals surface area contributed by atoms with E-state index < -0.39 is 23.8 Å². The van der Waals surface area contributed by atoms with Crippen molar-refractivity contribution in [1.82, 2.24) is 5.32 Å². The van der Waals surface area contributed by atoms with Crippen molar-refractivity contribution in [1.29, 1.82) is 0 Å². The van der Waals surface area contributed by atoms with Crippen molar-refractivity contribution >= 4 is 47.2 Å². The lowest BCUT2D eigenvalue weighted by atomic mass is 10.1. The lowest BCUT2D eigenvalue weighted by Gasteiger charge is -2.26. The Hall–Kier alpha value is -4.43. The molecule has 8 nitrogen and oxygen atoms in total. The number of imide groups is 2. The predicted octanol–water partition coefficient (Wildman–Crippen LogP) is 4.37. The van der Waals surface area contributed by atoms with Gasteiger partial charge in [0.05, 0.1) is 18.4 Å². The normalized spacial score (nSPS) is 14.6. The van der Waals surface area contributed by atoms with Gasteiger partial charge in [-0.3, -0.25) is 14.9 Å². The Morgan fingerprint density at radius 1 is 0.971 bits per heavy atom. The van der Waals surface area contributed by atoms with Crippen LogP contribution in [-0.2, 0) is 20.9 Å². The van der Waals surface area contributed by atoms with E-state index in [0.717, 1.165) is 10.5 Å². The molecule has 0 aliphatic carbocycles. The number of hydrogen-bond acceptors (Lipinski definition) is 6. The Morgan fingerprint density at radius 2 is 1.66 bits per heavy atom. The first kappa shape index (κ1) is 23.7. The molecule has 1 N–H and O–H groups in total.